The molecule has 1 fully saturated rings. The summed E-state index contributed by atoms with van der Waals surface area (Å²) in [4.78, 5) is 14.3. The fraction of sp³-hybridized carbons (Fsp3) is 0.556. The van der Waals surface area contributed by atoms with E-state index in [-0.39, 0.29) is 11.8 Å². The summed E-state index contributed by atoms with van der Waals surface area (Å²) in [6.45, 7) is 7.93. The molecule has 0 N–H and O–H groups in total. The molecule has 3 nitrogen and oxygen atoms in total. The highest BCUT2D eigenvalue weighted by atomic mass is 16.2. The monoisotopic (exact) mass is 284 g/mol. The van der Waals surface area contributed by atoms with Gasteiger partial charge in [-0.15, -0.1) is 0 Å². The van der Waals surface area contributed by atoms with Gasteiger partial charge in [-0.05, 0) is 43.7 Å². The molecule has 112 valence electrons. The van der Waals surface area contributed by atoms with Gasteiger partial charge in [-0.25, -0.2) is 0 Å². The Morgan fingerprint density at radius 3 is 2.67 bits per heavy atom. The molecule has 1 atom stereocenters. The third-order valence-corrected chi connectivity index (χ3v) is 4.48. The number of amides is 1. The maximum atomic E-state index is 12.4. The lowest BCUT2D eigenvalue weighted by Crippen LogP contribution is -2.38. The molecule has 1 saturated heterocycles. The van der Waals surface area contributed by atoms with Gasteiger partial charge >= 0.3 is 0 Å². The van der Waals surface area contributed by atoms with E-state index in [4.69, 9.17) is 0 Å². The average molecular weight is 284 g/mol. The van der Waals surface area contributed by atoms with Crippen molar-refractivity contribution < 1.29 is 4.79 Å². The Labute approximate surface area is 127 Å². The van der Waals surface area contributed by atoms with Gasteiger partial charge in [-0.1, -0.05) is 30.7 Å². The maximum Gasteiger partial charge on any atom is 0.224 e. The Morgan fingerprint density at radius 1 is 1.38 bits per heavy atom. The molecule has 1 aliphatic rings. The lowest BCUT2D eigenvalue weighted by Gasteiger charge is -2.31. The van der Waals surface area contributed by atoms with Crippen LogP contribution in [0.3, 0.4) is 0 Å². The minimum absolute atomic E-state index is 0.120. The van der Waals surface area contributed by atoms with Crippen LogP contribution >= 0.6 is 0 Å². The quantitative estimate of drug-likeness (QED) is 0.852. The zero-order valence-electron chi connectivity index (χ0n) is 13.2. The van der Waals surface area contributed by atoms with E-state index in [2.05, 4.69) is 13.0 Å². The highest BCUT2D eigenvalue weighted by Crippen LogP contribution is 2.26. The van der Waals surface area contributed by atoms with Crippen molar-refractivity contribution in [3.8, 4) is 6.07 Å². The van der Waals surface area contributed by atoms with E-state index in [1.165, 1.54) is 0 Å². The third-order valence-electron chi connectivity index (χ3n) is 4.48. The minimum atomic E-state index is -0.336. The Balaban J connectivity index is 2.07. The van der Waals surface area contributed by atoms with E-state index in [1.807, 2.05) is 36.9 Å². The Kier molecular flexibility index (Phi) is 5.01. The van der Waals surface area contributed by atoms with Gasteiger partial charge in [0, 0.05) is 19.5 Å². The zero-order chi connectivity index (χ0) is 15.4. The topological polar surface area (TPSA) is 44.1 Å². The average Bonchev–Trinajstić information content (AvgIpc) is 2.48. The Bertz CT molecular complexity index is 551. The number of nitriles is 1. The summed E-state index contributed by atoms with van der Waals surface area (Å²) in [6, 6.07) is 8.43. The predicted molar refractivity (Wildman–Crippen MR) is 83.9 cm³/mol. The normalized spacial score (nSPS) is 17.3. The van der Waals surface area contributed by atoms with Gasteiger partial charge in [0.15, 0.2) is 0 Å². The first-order valence-electron chi connectivity index (χ1n) is 7.75. The molecule has 1 aromatic carbocycles. The van der Waals surface area contributed by atoms with Crippen LogP contribution in [0, 0.1) is 31.1 Å². The van der Waals surface area contributed by atoms with Crippen molar-refractivity contribution in [2.75, 3.05) is 13.1 Å². The molecule has 1 aromatic rings. The van der Waals surface area contributed by atoms with Crippen LogP contribution in [0.25, 0.3) is 0 Å². The molecule has 3 heteroatoms. The van der Waals surface area contributed by atoms with Gasteiger partial charge in [0.05, 0.1) is 12.0 Å². The maximum absolute atomic E-state index is 12.4. The van der Waals surface area contributed by atoms with Crippen LogP contribution in [0.1, 0.15) is 48.8 Å². The lowest BCUT2D eigenvalue weighted by molar-refractivity contribution is -0.132. The van der Waals surface area contributed by atoms with Crippen LogP contribution in [0.2, 0.25) is 0 Å². The van der Waals surface area contributed by atoms with Crippen molar-refractivity contribution in [1.82, 2.24) is 4.90 Å². The third kappa shape index (κ3) is 3.85. The largest absolute Gasteiger partial charge is 0.343 e. The SMILES string of the molecule is Cc1ccc(C)c(C(C#N)CC(=O)N2CCC(C)CC2)c1. The van der Waals surface area contributed by atoms with Crippen molar-refractivity contribution in [3.63, 3.8) is 0 Å². The minimum Gasteiger partial charge on any atom is -0.343 e. The highest BCUT2D eigenvalue weighted by Gasteiger charge is 2.24. The number of benzene rings is 1. The van der Waals surface area contributed by atoms with Crippen molar-refractivity contribution in [2.45, 2.75) is 46.0 Å². The molecular formula is C18H24N2O. The second kappa shape index (κ2) is 6.76. The Hall–Kier alpha value is -1.82. The number of rotatable bonds is 3. The number of piperidine rings is 1. The number of aryl methyl sites for hydroxylation is 2. The number of hydrogen-bond donors (Lipinski definition) is 0. The summed E-state index contributed by atoms with van der Waals surface area (Å²) >= 11 is 0. The summed E-state index contributed by atoms with van der Waals surface area (Å²) in [5, 5.41) is 9.46. The molecule has 1 amide bonds. The van der Waals surface area contributed by atoms with E-state index < -0.39 is 0 Å². The standard InChI is InChI=1S/C18H24N2O/c1-13-6-8-20(9-7-13)18(21)11-16(12-19)17-10-14(2)4-5-15(17)3/h4-5,10,13,16H,6-9,11H2,1-3H3. The molecule has 0 saturated carbocycles. The van der Waals surface area contributed by atoms with Gasteiger partial charge in [-0.3, -0.25) is 4.79 Å². The molecular weight excluding hydrogens is 260 g/mol. The van der Waals surface area contributed by atoms with E-state index in [0.29, 0.717) is 12.3 Å². The molecule has 21 heavy (non-hydrogen) atoms. The second-order valence-electron chi connectivity index (χ2n) is 6.31. The smallest absolute Gasteiger partial charge is 0.224 e. The van der Waals surface area contributed by atoms with Gasteiger partial charge in [0.2, 0.25) is 5.91 Å². The molecule has 0 bridgehead atoms. The first-order valence-corrected chi connectivity index (χ1v) is 7.75. The van der Waals surface area contributed by atoms with Crippen LogP contribution < -0.4 is 0 Å². The van der Waals surface area contributed by atoms with E-state index >= 15 is 0 Å². The van der Waals surface area contributed by atoms with Gasteiger partial charge < -0.3 is 4.90 Å². The molecule has 0 radical (unpaired) electrons. The molecule has 0 aliphatic carbocycles. The fourth-order valence-corrected chi connectivity index (χ4v) is 2.92. The summed E-state index contributed by atoms with van der Waals surface area (Å²) in [5.41, 5.74) is 3.22. The highest BCUT2D eigenvalue weighted by molar-refractivity contribution is 5.77. The molecule has 1 unspecified atom stereocenters. The van der Waals surface area contributed by atoms with Gasteiger partial charge in [-0.2, -0.15) is 5.26 Å². The second-order valence-corrected chi connectivity index (χ2v) is 6.31. The molecule has 0 aromatic heterocycles. The van der Waals surface area contributed by atoms with Crippen molar-refractivity contribution in [1.29, 1.82) is 5.26 Å². The van der Waals surface area contributed by atoms with Crippen molar-refractivity contribution >= 4 is 5.91 Å². The summed E-state index contributed by atoms with van der Waals surface area (Å²) in [7, 11) is 0. The van der Waals surface area contributed by atoms with Crippen LogP contribution in [0.4, 0.5) is 0 Å². The summed E-state index contributed by atoms with van der Waals surface area (Å²) in [5.74, 6) is 0.492. The Morgan fingerprint density at radius 2 is 2.05 bits per heavy atom. The first-order chi connectivity index (χ1) is 10.0. The first kappa shape index (κ1) is 15.6. The van der Waals surface area contributed by atoms with Gasteiger partial charge in [0.25, 0.3) is 0 Å². The molecule has 0 spiro atoms. The number of carbonyl (C=O) groups is 1. The van der Waals surface area contributed by atoms with Crippen LogP contribution in [-0.2, 0) is 4.79 Å². The number of nitrogens with zero attached hydrogens (tertiary/aromatic N) is 2. The summed E-state index contributed by atoms with van der Waals surface area (Å²) < 4.78 is 0. The van der Waals surface area contributed by atoms with Crippen LogP contribution in [0.15, 0.2) is 18.2 Å². The van der Waals surface area contributed by atoms with Gasteiger partial charge in [0.1, 0.15) is 0 Å². The zero-order valence-corrected chi connectivity index (χ0v) is 13.2. The van der Waals surface area contributed by atoms with Crippen LogP contribution in [0.5, 0.6) is 0 Å². The van der Waals surface area contributed by atoms with E-state index in [1.54, 1.807) is 0 Å². The van der Waals surface area contributed by atoms with E-state index in [9.17, 15) is 10.1 Å². The van der Waals surface area contributed by atoms with Crippen molar-refractivity contribution in [3.05, 3.63) is 34.9 Å². The van der Waals surface area contributed by atoms with E-state index in [0.717, 1.165) is 42.6 Å². The van der Waals surface area contributed by atoms with Crippen molar-refractivity contribution in [2.24, 2.45) is 5.92 Å². The lowest BCUT2D eigenvalue weighted by atomic mass is 9.91. The molecule has 1 heterocycles. The number of hydrogen-bond acceptors (Lipinski definition) is 2. The van der Waals surface area contributed by atoms with Crippen LogP contribution in [-0.4, -0.2) is 23.9 Å². The predicted octanol–water partition coefficient (Wildman–Crippen LogP) is 3.56. The molecule has 1 aliphatic heterocycles. The number of likely N-dealkylation sites (tertiary alicyclic amines) is 1. The summed E-state index contributed by atoms with van der Waals surface area (Å²) in [6.07, 6.45) is 2.45. The number of carbonyl (C=O) groups excluding carboxylic acids is 1. The molecule has 2 rings (SSSR count). The fourth-order valence-electron chi connectivity index (χ4n) is 2.92.